The first-order valence-electron chi connectivity index (χ1n) is 8.37. The maximum absolute atomic E-state index is 12.3. The molecule has 0 unspecified atom stereocenters. The molecule has 6 nitrogen and oxygen atoms in total. The molecule has 1 atom stereocenters. The van der Waals surface area contributed by atoms with Gasteiger partial charge in [0, 0.05) is 43.1 Å². The molecule has 1 aliphatic rings. The maximum atomic E-state index is 12.3. The van der Waals surface area contributed by atoms with E-state index in [9.17, 15) is 4.79 Å². The van der Waals surface area contributed by atoms with E-state index in [0.717, 1.165) is 43.0 Å². The number of pyridine rings is 1. The van der Waals surface area contributed by atoms with Crippen LogP contribution in [0.2, 0.25) is 0 Å². The van der Waals surface area contributed by atoms with Crippen molar-refractivity contribution in [2.75, 3.05) is 18.0 Å². The third kappa shape index (κ3) is 4.23. The Morgan fingerprint density at radius 2 is 2.08 bits per heavy atom. The quantitative estimate of drug-likeness (QED) is 0.874. The molecular weight excluding hydrogens is 322 g/mol. The van der Waals surface area contributed by atoms with Gasteiger partial charge in [0.25, 0.3) is 0 Å². The van der Waals surface area contributed by atoms with Crippen molar-refractivity contribution in [1.82, 2.24) is 20.6 Å². The fraction of sp³-hybridized carbons (Fsp3) is 0.471. The molecule has 0 aliphatic carbocycles. The number of hydrogen-bond donors (Lipinski definition) is 2. The van der Waals surface area contributed by atoms with Gasteiger partial charge in [0.15, 0.2) is 5.13 Å². The average Bonchev–Trinajstić information content (AvgIpc) is 3.16. The van der Waals surface area contributed by atoms with E-state index < -0.39 is 0 Å². The number of thiazole rings is 1. The Bertz CT molecular complexity index is 626. The lowest BCUT2D eigenvalue weighted by atomic mass is 10.1. The number of piperidine rings is 1. The smallest absolute Gasteiger partial charge is 0.315 e. The first-order chi connectivity index (χ1) is 11.8. The van der Waals surface area contributed by atoms with Crippen LogP contribution in [0, 0.1) is 0 Å². The van der Waals surface area contributed by atoms with Gasteiger partial charge >= 0.3 is 6.03 Å². The molecule has 1 saturated heterocycles. The molecule has 3 rings (SSSR count). The monoisotopic (exact) mass is 345 g/mol. The second-order valence-corrected chi connectivity index (χ2v) is 6.81. The zero-order valence-electron chi connectivity index (χ0n) is 13.8. The molecule has 2 amide bonds. The number of carbonyl (C=O) groups excluding carboxylic acids is 1. The highest BCUT2D eigenvalue weighted by molar-refractivity contribution is 7.13. The summed E-state index contributed by atoms with van der Waals surface area (Å²) in [7, 11) is 0. The van der Waals surface area contributed by atoms with E-state index in [1.807, 2.05) is 23.7 Å². The number of anilines is 1. The number of aromatic nitrogens is 2. The molecule has 0 aromatic carbocycles. The second kappa shape index (κ2) is 8.10. The Labute approximate surface area is 146 Å². The van der Waals surface area contributed by atoms with Gasteiger partial charge in [-0.2, -0.15) is 0 Å². The van der Waals surface area contributed by atoms with Crippen molar-refractivity contribution < 1.29 is 4.79 Å². The molecule has 7 heteroatoms. The van der Waals surface area contributed by atoms with Gasteiger partial charge in [-0.15, -0.1) is 11.3 Å². The zero-order chi connectivity index (χ0) is 16.8. The molecule has 128 valence electrons. The minimum absolute atomic E-state index is 0.0170. The standard InChI is InChI=1S/C17H23N5OS/c1-2-15(13-3-7-18-8-4-13)21-16(23)20-14-5-10-22(11-6-14)17-19-9-12-24-17/h3-4,7-9,12,14-15H,2,5-6,10-11H2,1H3,(H2,20,21,23)/t15-/m1/s1. The molecule has 0 spiro atoms. The molecule has 0 radical (unpaired) electrons. The number of carbonyl (C=O) groups is 1. The van der Waals surface area contributed by atoms with Crippen LogP contribution in [0.3, 0.4) is 0 Å². The summed E-state index contributed by atoms with van der Waals surface area (Å²) in [4.78, 5) is 23.0. The predicted octanol–water partition coefficient (Wildman–Crippen LogP) is 2.96. The van der Waals surface area contributed by atoms with Crippen LogP contribution >= 0.6 is 11.3 Å². The maximum Gasteiger partial charge on any atom is 0.315 e. The molecule has 0 saturated carbocycles. The molecule has 3 heterocycles. The Kier molecular flexibility index (Phi) is 5.63. The largest absolute Gasteiger partial charge is 0.348 e. The van der Waals surface area contributed by atoms with Crippen LogP contribution in [0.15, 0.2) is 36.1 Å². The molecular formula is C17H23N5OS. The van der Waals surface area contributed by atoms with Crippen LogP contribution in [-0.2, 0) is 0 Å². The fourth-order valence-corrected chi connectivity index (χ4v) is 3.69. The van der Waals surface area contributed by atoms with Crippen molar-refractivity contribution in [2.24, 2.45) is 0 Å². The number of amides is 2. The van der Waals surface area contributed by atoms with E-state index in [0.29, 0.717) is 0 Å². The molecule has 1 aliphatic heterocycles. The van der Waals surface area contributed by atoms with Crippen molar-refractivity contribution in [3.63, 3.8) is 0 Å². The second-order valence-electron chi connectivity index (χ2n) is 5.94. The average molecular weight is 345 g/mol. The number of hydrogen-bond acceptors (Lipinski definition) is 5. The van der Waals surface area contributed by atoms with Gasteiger partial charge in [0.05, 0.1) is 6.04 Å². The van der Waals surface area contributed by atoms with Gasteiger partial charge in [-0.05, 0) is 37.0 Å². The lowest BCUT2D eigenvalue weighted by Crippen LogP contribution is -2.48. The molecule has 1 fully saturated rings. The summed E-state index contributed by atoms with van der Waals surface area (Å²) in [6.07, 6.45) is 8.08. The highest BCUT2D eigenvalue weighted by atomic mass is 32.1. The Hall–Kier alpha value is -2.15. The van der Waals surface area contributed by atoms with Crippen LogP contribution in [-0.4, -0.2) is 35.1 Å². The predicted molar refractivity (Wildman–Crippen MR) is 96.3 cm³/mol. The minimum atomic E-state index is -0.0913. The summed E-state index contributed by atoms with van der Waals surface area (Å²) in [5, 5.41) is 9.25. The topological polar surface area (TPSA) is 70.2 Å². The first-order valence-corrected chi connectivity index (χ1v) is 9.25. The van der Waals surface area contributed by atoms with Crippen molar-refractivity contribution in [3.05, 3.63) is 41.7 Å². The van der Waals surface area contributed by atoms with Crippen molar-refractivity contribution in [3.8, 4) is 0 Å². The van der Waals surface area contributed by atoms with Crippen molar-refractivity contribution in [1.29, 1.82) is 0 Å². The molecule has 2 N–H and O–H groups in total. The number of nitrogens with zero attached hydrogens (tertiary/aromatic N) is 3. The zero-order valence-corrected chi connectivity index (χ0v) is 14.6. The van der Waals surface area contributed by atoms with E-state index in [1.165, 1.54) is 0 Å². The molecule has 24 heavy (non-hydrogen) atoms. The highest BCUT2D eigenvalue weighted by Gasteiger charge is 2.22. The SMILES string of the molecule is CC[C@@H](NC(=O)NC1CCN(c2nccs2)CC1)c1ccncc1. The van der Waals surface area contributed by atoms with Crippen molar-refractivity contribution in [2.45, 2.75) is 38.3 Å². The summed E-state index contributed by atoms with van der Waals surface area (Å²) >= 11 is 1.66. The summed E-state index contributed by atoms with van der Waals surface area (Å²) in [5.74, 6) is 0. The summed E-state index contributed by atoms with van der Waals surface area (Å²) in [5.41, 5.74) is 1.08. The number of urea groups is 1. The Balaban J connectivity index is 1.47. The third-order valence-corrected chi connectivity index (χ3v) is 5.17. The molecule has 2 aromatic heterocycles. The summed E-state index contributed by atoms with van der Waals surface area (Å²) < 4.78 is 0. The Morgan fingerprint density at radius 3 is 2.71 bits per heavy atom. The van der Waals surface area contributed by atoms with E-state index in [4.69, 9.17) is 0 Å². The van der Waals surface area contributed by atoms with E-state index in [-0.39, 0.29) is 18.1 Å². The van der Waals surface area contributed by atoms with E-state index in [1.54, 1.807) is 23.7 Å². The molecule has 0 bridgehead atoms. The summed E-state index contributed by atoms with van der Waals surface area (Å²) in [6, 6.07) is 4.04. The van der Waals surface area contributed by atoms with Crippen LogP contribution in [0.25, 0.3) is 0 Å². The Morgan fingerprint density at radius 1 is 1.33 bits per heavy atom. The van der Waals surface area contributed by atoms with Crippen molar-refractivity contribution >= 4 is 22.5 Å². The highest BCUT2D eigenvalue weighted by Crippen LogP contribution is 2.22. The van der Waals surface area contributed by atoms with Crippen LogP contribution in [0.1, 0.15) is 37.8 Å². The molecule has 2 aromatic rings. The fourth-order valence-electron chi connectivity index (χ4n) is 2.99. The van der Waals surface area contributed by atoms with Gasteiger partial charge in [0.2, 0.25) is 0 Å². The van der Waals surface area contributed by atoms with Crippen LogP contribution in [0.5, 0.6) is 0 Å². The first kappa shape index (κ1) is 16.7. The number of rotatable bonds is 5. The van der Waals surface area contributed by atoms with Gasteiger partial charge in [-0.3, -0.25) is 4.98 Å². The van der Waals surface area contributed by atoms with Gasteiger partial charge in [-0.1, -0.05) is 6.92 Å². The van der Waals surface area contributed by atoms with Gasteiger partial charge in [0.1, 0.15) is 0 Å². The van der Waals surface area contributed by atoms with Crippen LogP contribution < -0.4 is 15.5 Å². The summed E-state index contributed by atoms with van der Waals surface area (Å²) in [6.45, 7) is 3.93. The third-order valence-electron chi connectivity index (χ3n) is 4.34. The minimum Gasteiger partial charge on any atom is -0.348 e. The number of nitrogens with one attached hydrogen (secondary N) is 2. The van der Waals surface area contributed by atoms with Crippen LogP contribution in [0.4, 0.5) is 9.93 Å². The van der Waals surface area contributed by atoms with E-state index >= 15 is 0 Å². The lowest BCUT2D eigenvalue weighted by molar-refractivity contribution is 0.230. The lowest BCUT2D eigenvalue weighted by Gasteiger charge is -2.32. The van der Waals surface area contributed by atoms with E-state index in [2.05, 4.69) is 32.4 Å². The normalized spacial score (nSPS) is 16.6. The van der Waals surface area contributed by atoms with Gasteiger partial charge in [-0.25, -0.2) is 9.78 Å². The van der Waals surface area contributed by atoms with Gasteiger partial charge < -0.3 is 15.5 Å².